The molecule has 1 aromatic carbocycles. The van der Waals surface area contributed by atoms with Gasteiger partial charge in [-0.1, -0.05) is 6.07 Å². The number of aryl methyl sites for hydroxylation is 1. The minimum Gasteiger partial charge on any atom is -0.398 e. The van der Waals surface area contributed by atoms with Crippen LogP contribution in [0.25, 0.3) is 0 Å². The smallest absolute Gasteiger partial charge is 0.398 e. The second-order valence-electron chi connectivity index (χ2n) is 2.81. The lowest BCUT2D eigenvalue weighted by Gasteiger charge is -2.12. The summed E-state index contributed by atoms with van der Waals surface area (Å²) in [7, 11) is 2.19. The molecular weight excluding hydrogens is 198 g/mol. The molecule has 0 saturated carbocycles. The first-order chi connectivity index (χ1) is 5.82. The van der Waals surface area contributed by atoms with Gasteiger partial charge < -0.3 is 5.73 Å². The second-order valence-corrected chi connectivity index (χ2v) is 3.44. The van der Waals surface area contributed by atoms with Gasteiger partial charge in [0.05, 0.1) is 11.3 Å². The van der Waals surface area contributed by atoms with Gasteiger partial charge in [-0.3, -0.25) is 0 Å². The molecule has 2 N–H and O–H groups in total. The monoisotopic (exact) mass is 207 g/mol. The van der Waals surface area contributed by atoms with E-state index in [1.165, 1.54) is 0 Å². The number of halogens is 3. The molecular formula is C8H9F3NP. The lowest BCUT2D eigenvalue weighted by atomic mass is 10.1. The van der Waals surface area contributed by atoms with E-state index in [-0.39, 0.29) is 5.69 Å². The van der Waals surface area contributed by atoms with Crippen molar-refractivity contribution in [3.8, 4) is 0 Å². The zero-order valence-corrected chi connectivity index (χ0v) is 8.10. The Morgan fingerprint density at radius 2 is 1.85 bits per heavy atom. The molecule has 0 saturated heterocycles. The van der Waals surface area contributed by atoms with E-state index in [9.17, 15) is 13.2 Å². The van der Waals surface area contributed by atoms with Crippen LogP contribution < -0.4 is 11.0 Å². The van der Waals surface area contributed by atoms with Crippen LogP contribution >= 0.6 is 9.24 Å². The standard InChI is InChI=1S/C8H9F3NP/c1-4-2-5(8(9,10)11)7(12)6(13)3-4/h2-3H,12-13H2,1H3. The Morgan fingerprint density at radius 1 is 1.31 bits per heavy atom. The zero-order chi connectivity index (χ0) is 10.2. The van der Waals surface area contributed by atoms with Crippen molar-refractivity contribution in [3.63, 3.8) is 0 Å². The molecule has 1 unspecified atom stereocenters. The van der Waals surface area contributed by atoms with E-state index in [4.69, 9.17) is 5.73 Å². The number of rotatable bonds is 0. The van der Waals surface area contributed by atoms with Gasteiger partial charge in [0.2, 0.25) is 0 Å². The molecule has 0 bridgehead atoms. The Morgan fingerprint density at radius 3 is 2.31 bits per heavy atom. The largest absolute Gasteiger partial charge is 0.418 e. The molecule has 0 spiro atoms. The van der Waals surface area contributed by atoms with Crippen molar-refractivity contribution in [2.24, 2.45) is 0 Å². The first-order valence-corrected chi connectivity index (χ1v) is 4.13. The molecule has 72 valence electrons. The van der Waals surface area contributed by atoms with E-state index in [0.717, 1.165) is 6.07 Å². The maximum Gasteiger partial charge on any atom is 0.418 e. The zero-order valence-electron chi connectivity index (χ0n) is 6.94. The summed E-state index contributed by atoms with van der Waals surface area (Å²) in [5.74, 6) is 0. The van der Waals surface area contributed by atoms with Crippen molar-refractivity contribution in [2.45, 2.75) is 13.1 Å². The quantitative estimate of drug-likeness (QED) is 0.511. The van der Waals surface area contributed by atoms with E-state index in [1.807, 2.05) is 0 Å². The summed E-state index contributed by atoms with van der Waals surface area (Å²) in [6.45, 7) is 1.60. The van der Waals surface area contributed by atoms with Gasteiger partial charge in [-0.2, -0.15) is 13.2 Å². The highest BCUT2D eigenvalue weighted by Gasteiger charge is 2.33. The van der Waals surface area contributed by atoms with E-state index in [0.29, 0.717) is 10.9 Å². The Bertz CT molecular complexity index is 333. The van der Waals surface area contributed by atoms with Crippen molar-refractivity contribution < 1.29 is 13.2 Å². The van der Waals surface area contributed by atoms with Crippen LogP contribution in [0.3, 0.4) is 0 Å². The maximum absolute atomic E-state index is 12.3. The van der Waals surface area contributed by atoms with Gasteiger partial charge >= 0.3 is 6.18 Å². The van der Waals surface area contributed by atoms with Gasteiger partial charge in [-0.15, -0.1) is 9.24 Å². The molecule has 0 aliphatic heterocycles. The topological polar surface area (TPSA) is 26.0 Å². The van der Waals surface area contributed by atoms with Crippen molar-refractivity contribution in [1.29, 1.82) is 0 Å². The Kier molecular flexibility index (Phi) is 2.53. The summed E-state index contributed by atoms with van der Waals surface area (Å²) in [6.07, 6.45) is -4.37. The molecule has 13 heavy (non-hydrogen) atoms. The SMILES string of the molecule is Cc1cc(P)c(N)c(C(F)(F)F)c1. The van der Waals surface area contributed by atoms with Crippen LogP contribution in [0.15, 0.2) is 12.1 Å². The number of benzene rings is 1. The van der Waals surface area contributed by atoms with Gasteiger partial charge in [0.15, 0.2) is 0 Å². The molecule has 1 aromatic rings. The van der Waals surface area contributed by atoms with Gasteiger partial charge in [0, 0.05) is 0 Å². The van der Waals surface area contributed by atoms with Crippen LogP contribution in [-0.2, 0) is 6.18 Å². The highest BCUT2D eigenvalue weighted by Crippen LogP contribution is 2.33. The highest BCUT2D eigenvalue weighted by molar-refractivity contribution is 7.28. The Balaban J connectivity index is 3.37. The van der Waals surface area contributed by atoms with E-state index < -0.39 is 11.7 Å². The van der Waals surface area contributed by atoms with Gasteiger partial charge in [0.1, 0.15) is 0 Å². The summed E-state index contributed by atoms with van der Waals surface area (Å²) in [5, 5.41) is 0.382. The fourth-order valence-corrected chi connectivity index (χ4v) is 1.48. The molecule has 0 amide bonds. The first kappa shape index (κ1) is 10.3. The van der Waals surface area contributed by atoms with Crippen LogP contribution in [0.4, 0.5) is 18.9 Å². The summed E-state index contributed by atoms with van der Waals surface area (Å²) in [4.78, 5) is 0. The van der Waals surface area contributed by atoms with Crippen LogP contribution in [0.1, 0.15) is 11.1 Å². The third-order valence-corrected chi connectivity index (χ3v) is 2.14. The Labute approximate surface area is 76.3 Å². The molecule has 0 aliphatic carbocycles. The van der Waals surface area contributed by atoms with Gasteiger partial charge in [-0.05, 0) is 23.9 Å². The molecule has 1 rings (SSSR count). The van der Waals surface area contributed by atoms with Crippen molar-refractivity contribution in [2.75, 3.05) is 5.73 Å². The number of hydrogen-bond acceptors (Lipinski definition) is 1. The Hall–Kier alpha value is -0.760. The molecule has 0 radical (unpaired) electrons. The van der Waals surface area contributed by atoms with Crippen molar-refractivity contribution in [1.82, 2.24) is 0 Å². The number of anilines is 1. The molecule has 0 aliphatic rings. The third kappa shape index (κ3) is 2.13. The fraction of sp³-hybridized carbons (Fsp3) is 0.250. The third-order valence-electron chi connectivity index (χ3n) is 1.66. The van der Waals surface area contributed by atoms with Gasteiger partial charge in [0.25, 0.3) is 0 Å². The maximum atomic E-state index is 12.3. The van der Waals surface area contributed by atoms with E-state index in [2.05, 4.69) is 9.24 Å². The minimum atomic E-state index is -4.37. The van der Waals surface area contributed by atoms with Crippen LogP contribution in [0.5, 0.6) is 0 Å². The highest BCUT2D eigenvalue weighted by atomic mass is 31.0. The fourth-order valence-electron chi connectivity index (χ4n) is 1.06. The average molecular weight is 207 g/mol. The van der Waals surface area contributed by atoms with E-state index >= 15 is 0 Å². The predicted molar refractivity (Wildman–Crippen MR) is 49.9 cm³/mol. The van der Waals surface area contributed by atoms with Gasteiger partial charge in [-0.25, -0.2) is 0 Å². The first-order valence-electron chi connectivity index (χ1n) is 3.55. The normalized spacial score (nSPS) is 11.8. The van der Waals surface area contributed by atoms with Crippen molar-refractivity contribution in [3.05, 3.63) is 23.3 Å². The molecule has 0 fully saturated rings. The van der Waals surface area contributed by atoms with E-state index in [1.54, 1.807) is 13.0 Å². The average Bonchev–Trinajstić information content (AvgIpc) is 1.94. The molecule has 1 atom stereocenters. The van der Waals surface area contributed by atoms with Crippen molar-refractivity contribution >= 4 is 20.2 Å². The molecule has 0 heterocycles. The molecule has 0 aromatic heterocycles. The van der Waals surface area contributed by atoms with Crippen LogP contribution in [0, 0.1) is 6.92 Å². The van der Waals surface area contributed by atoms with Crippen LogP contribution in [0.2, 0.25) is 0 Å². The molecule has 1 nitrogen and oxygen atoms in total. The lowest BCUT2D eigenvalue weighted by molar-refractivity contribution is -0.136. The van der Waals surface area contributed by atoms with Crippen LogP contribution in [-0.4, -0.2) is 0 Å². The predicted octanol–water partition coefficient (Wildman–Crippen LogP) is 2.10. The second kappa shape index (κ2) is 3.18. The minimum absolute atomic E-state index is 0.219. The molecule has 5 heteroatoms. The number of hydrogen-bond donors (Lipinski definition) is 1. The summed E-state index contributed by atoms with van der Waals surface area (Å²) >= 11 is 0. The number of alkyl halides is 3. The lowest BCUT2D eigenvalue weighted by Crippen LogP contribution is -2.14. The summed E-state index contributed by atoms with van der Waals surface area (Å²) in [6, 6.07) is 2.64. The number of nitrogens with two attached hydrogens (primary N) is 1. The number of nitrogen functional groups attached to an aromatic ring is 1. The summed E-state index contributed by atoms with van der Waals surface area (Å²) < 4.78 is 37.0. The summed E-state index contributed by atoms with van der Waals surface area (Å²) in [5.41, 5.74) is 4.86.